The van der Waals surface area contributed by atoms with E-state index >= 15 is 0 Å². The zero-order valence-corrected chi connectivity index (χ0v) is 32.9. The van der Waals surface area contributed by atoms with E-state index in [1.807, 2.05) is 4.90 Å². The van der Waals surface area contributed by atoms with Crippen LogP contribution in [0.2, 0.25) is 0 Å². The molecular formula is C44H50N4O8. The van der Waals surface area contributed by atoms with Crippen LogP contribution in [0.15, 0.2) is 36.4 Å². The third-order valence-corrected chi connectivity index (χ3v) is 15.9. The number of benzene rings is 2. The monoisotopic (exact) mass is 762 g/mol. The highest BCUT2D eigenvalue weighted by Gasteiger charge is 2.80. The minimum atomic E-state index is -1.03. The number of methoxy groups -OCH3 is 3. The molecule has 9 heterocycles. The second-order valence-electron chi connectivity index (χ2n) is 17.7. The molecule has 1 amide bonds. The Morgan fingerprint density at radius 2 is 1.79 bits per heavy atom. The second kappa shape index (κ2) is 11.6. The lowest BCUT2D eigenvalue weighted by Crippen LogP contribution is -2.77. The van der Waals surface area contributed by atoms with Crippen LogP contribution in [0.4, 0.5) is 0 Å². The summed E-state index contributed by atoms with van der Waals surface area (Å²) in [7, 11) is 6.73. The van der Waals surface area contributed by atoms with Crippen molar-refractivity contribution < 1.29 is 38.1 Å². The Balaban J connectivity index is 1.19. The first-order valence-corrected chi connectivity index (χ1v) is 20.4. The van der Waals surface area contributed by atoms with Gasteiger partial charge in [0.15, 0.2) is 0 Å². The largest absolute Gasteiger partial charge is 0.496 e. The Morgan fingerprint density at radius 3 is 2.52 bits per heavy atom. The van der Waals surface area contributed by atoms with Crippen molar-refractivity contribution in [3.05, 3.63) is 64.5 Å². The fourth-order valence-electron chi connectivity index (χ4n) is 13.7. The fourth-order valence-corrected chi connectivity index (χ4v) is 13.7. The van der Waals surface area contributed by atoms with Gasteiger partial charge < -0.3 is 38.6 Å². The van der Waals surface area contributed by atoms with Gasteiger partial charge in [-0.1, -0.05) is 31.5 Å². The molecule has 7 aliphatic heterocycles. The number of H-pyrrole nitrogens is 2. The number of fused-ring (bicyclic) bond motifs is 8. The number of amides is 1. The van der Waals surface area contributed by atoms with Gasteiger partial charge in [-0.3, -0.25) is 19.3 Å². The van der Waals surface area contributed by atoms with Crippen LogP contribution in [0, 0.1) is 23.2 Å². The smallest absolute Gasteiger partial charge is 0.319 e. The molecule has 2 N–H and O–H groups in total. The van der Waals surface area contributed by atoms with Gasteiger partial charge in [-0.25, -0.2) is 0 Å². The molecule has 12 heteroatoms. The molecule has 56 heavy (non-hydrogen) atoms. The van der Waals surface area contributed by atoms with Crippen LogP contribution in [0.25, 0.3) is 21.8 Å². The predicted molar refractivity (Wildman–Crippen MR) is 205 cm³/mol. The first-order chi connectivity index (χ1) is 27.1. The topological polar surface area (TPSA) is 139 Å². The number of aromatic nitrogens is 2. The number of nitrogens with one attached hydrogen (secondary N) is 2. The fraction of sp³-hybridized carbons (Fsp3) is 0.568. The number of epoxide rings is 1. The molecule has 4 aromatic rings. The average Bonchev–Trinajstić information content (AvgIpc) is 3.55. The molecule has 11 atom stereocenters. The summed E-state index contributed by atoms with van der Waals surface area (Å²) < 4.78 is 31.1. The van der Waals surface area contributed by atoms with Crippen molar-refractivity contribution >= 4 is 39.7 Å². The maximum absolute atomic E-state index is 14.5. The number of hydrogen-bond acceptors (Lipinski definition) is 9. The van der Waals surface area contributed by atoms with Crippen molar-refractivity contribution in [3.63, 3.8) is 0 Å². The van der Waals surface area contributed by atoms with Crippen LogP contribution in [0.1, 0.15) is 73.5 Å². The Labute approximate surface area is 325 Å². The number of carbonyl (C=O) groups is 3. The van der Waals surface area contributed by atoms with Crippen LogP contribution in [-0.4, -0.2) is 109 Å². The van der Waals surface area contributed by atoms with E-state index in [1.165, 1.54) is 19.8 Å². The van der Waals surface area contributed by atoms with Gasteiger partial charge in [0.05, 0.1) is 45.6 Å². The number of aromatic amines is 2. The van der Waals surface area contributed by atoms with E-state index in [-0.39, 0.29) is 72.5 Å². The Morgan fingerprint density at radius 1 is 1.00 bits per heavy atom. The molecule has 6 saturated heterocycles. The van der Waals surface area contributed by atoms with E-state index < -0.39 is 16.4 Å². The summed E-state index contributed by atoms with van der Waals surface area (Å²) in [6, 6.07) is 12.1. The van der Waals surface area contributed by atoms with Gasteiger partial charge in [0.1, 0.15) is 28.4 Å². The van der Waals surface area contributed by atoms with Crippen LogP contribution in [0.5, 0.6) is 5.75 Å². The predicted octanol–water partition coefficient (Wildman–Crippen LogP) is 4.95. The van der Waals surface area contributed by atoms with Crippen molar-refractivity contribution in [1.29, 1.82) is 0 Å². The number of likely N-dealkylation sites (N-methyl/N-ethyl adjacent to an activating group) is 1. The van der Waals surface area contributed by atoms with Crippen LogP contribution < -0.4 is 4.74 Å². The summed E-state index contributed by atoms with van der Waals surface area (Å²) in [5.41, 5.74) is 4.39. The van der Waals surface area contributed by atoms with Gasteiger partial charge in [-0.05, 0) is 81.3 Å². The maximum atomic E-state index is 14.5. The second-order valence-corrected chi connectivity index (χ2v) is 17.7. The molecule has 2 aromatic carbocycles. The number of piperidine rings is 3. The molecule has 0 radical (unpaired) electrons. The standard InChI is InChI=1S/C44H50N4O8/c1-7-22-16-23-19-42(40(50)53-5)36-26(14-15-48(37(22)42)38(23)49)25-12-13-30(52-4)33(35(25)46-36)28-17-31-43(41(51)54-6)20-55-39(44(31)21(2)56-44)47(3)32(43)18-27-24-10-8-9-11-29(24)45-34(27)28/h8-13,21-23,28,31-32,37,39,45-46H,7,14-20H2,1-6H3/t21-,22-,23+,28-,31-,32-,37-,39-,42+,43-,44-/m0/s1. The summed E-state index contributed by atoms with van der Waals surface area (Å²) in [5.74, 6) is -0.245. The van der Waals surface area contributed by atoms with Crippen LogP contribution in [-0.2, 0) is 51.6 Å². The Bertz CT molecular complexity index is 2370. The van der Waals surface area contributed by atoms with E-state index in [2.05, 4.69) is 72.2 Å². The van der Waals surface area contributed by atoms with E-state index in [4.69, 9.17) is 23.7 Å². The normalized spacial score (nSPS) is 37.9. The van der Waals surface area contributed by atoms with Gasteiger partial charge in [-0.2, -0.15) is 0 Å². The van der Waals surface area contributed by atoms with Gasteiger partial charge in [0.25, 0.3) is 0 Å². The number of nitrogens with zero attached hydrogens (tertiary/aromatic N) is 2. The molecule has 1 saturated carbocycles. The van der Waals surface area contributed by atoms with E-state index in [1.54, 1.807) is 7.11 Å². The molecule has 294 valence electrons. The summed E-state index contributed by atoms with van der Waals surface area (Å²) in [6.45, 7) is 5.05. The first kappa shape index (κ1) is 34.8. The summed E-state index contributed by atoms with van der Waals surface area (Å²) in [6.07, 6.45) is 3.44. The summed E-state index contributed by atoms with van der Waals surface area (Å²) in [5, 5.41) is 2.14. The first-order valence-electron chi connectivity index (χ1n) is 20.4. The van der Waals surface area contributed by atoms with Crippen LogP contribution >= 0.6 is 0 Å². The molecule has 9 aliphatic rings. The molecule has 2 aliphatic carbocycles. The minimum Gasteiger partial charge on any atom is -0.496 e. The van der Waals surface area contributed by atoms with Crippen molar-refractivity contribution in [1.82, 2.24) is 19.8 Å². The highest BCUT2D eigenvalue weighted by molar-refractivity contribution is 5.97. The van der Waals surface area contributed by atoms with Gasteiger partial charge in [0, 0.05) is 63.6 Å². The molecule has 12 nitrogen and oxygen atoms in total. The molecule has 7 fully saturated rings. The lowest BCUT2D eigenvalue weighted by molar-refractivity contribution is -0.284. The molecule has 1 spiro atoms. The van der Waals surface area contributed by atoms with Crippen LogP contribution in [0.3, 0.4) is 0 Å². The van der Waals surface area contributed by atoms with E-state index in [0.29, 0.717) is 32.2 Å². The van der Waals surface area contributed by atoms with Crippen molar-refractivity contribution in [2.45, 2.75) is 93.7 Å². The van der Waals surface area contributed by atoms with Gasteiger partial charge in [-0.15, -0.1) is 0 Å². The third-order valence-electron chi connectivity index (χ3n) is 15.9. The number of ether oxygens (including phenoxy) is 5. The lowest BCUT2D eigenvalue weighted by atomic mass is 9.54. The SMILES string of the molecule is CC[C@H]1C[C@@H]2C[C@@]3(C(=O)OC)c4[nH]c5c([C@@H]6C[C@H]7[C@@]8(C(=O)OC)CO[C@H](N(C)[C@H]8Cc8c6[nH]c6ccccc86)[C@@]76O[C@H]6C)c(OC)ccc5c4CCN(C2=O)[C@@H]13. The number of rotatable bonds is 5. The third kappa shape index (κ3) is 3.93. The zero-order chi connectivity index (χ0) is 38.6. The average molecular weight is 763 g/mol. The highest BCUT2D eigenvalue weighted by atomic mass is 16.7. The van der Waals surface area contributed by atoms with Crippen molar-refractivity contribution in [2.75, 3.05) is 41.5 Å². The number of para-hydroxylation sites is 1. The highest BCUT2D eigenvalue weighted by Crippen LogP contribution is 2.67. The molecule has 2 aromatic heterocycles. The summed E-state index contributed by atoms with van der Waals surface area (Å²) in [4.78, 5) is 54.9. The molecule has 13 rings (SSSR count). The molecule has 0 unspecified atom stereocenters. The number of carbonyl (C=O) groups excluding carboxylic acids is 3. The van der Waals surface area contributed by atoms with Gasteiger partial charge >= 0.3 is 11.9 Å². The zero-order valence-electron chi connectivity index (χ0n) is 32.9. The van der Waals surface area contributed by atoms with E-state index in [0.717, 1.165) is 62.9 Å². The van der Waals surface area contributed by atoms with Crippen molar-refractivity contribution in [3.8, 4) is 5.75 Å². The quantitative estimate of drug-likeness (QED) is 0.214. The maximum Gasteiger partial charge on any atom is 0.319 e. The number of hydrogen-bond donors (Lipinski definition) is 2. The summed E-state index contributed by atoms with van der Waals surface area (Å²) >= 11 is 0. The Hall–Kier alpha value is -4.39. The van der Waals surface area contributed by atoms with E-state index in [9.17, 15) is 14.4 Å². The molecular weight excluding hydrogens is 713 g/mol. The van der Waals surface area contributed by atoms with Gasteiger partial charge in [0.2, 0.25) is 5.91 Å². The Kier molecular flexibility index (Phi) is 7.22. The number of esters is 2. The lowest BCUT2D eigenvalue weighted by Gasteiger charge is -2.62. The van der Waals surface area contributed by atoms with Crippen molar-refractivity contribution in [2.24, 2.45) is 23.2 Å². The molecule has 8 bridgehead atoms. The minimum absolute atomic E-state index is 0.120.